The van der Waals surface area contributed by atoms with E-state index in [-0.39, 0.29) is 52.6 Å². The average molecular weight is 553 g/mol. The van der Waals surface area contributed by atoms with Gasteiger partial charge in [-0.15, -0.1) is 0 Å². The van der Waals surface area contributed by atoms with Gasteiger partial charge in [0.25, 0.3) is 11.4 Å². The molecule has 0 heterocycles. The first-order valence-electron chi connectivity index (χ1n) is 13.4. The van der Waals surface area contributed by atoms with E-state index in [4.69, 9.17) is 9.47 Å². The smallest absolute Gasteiger partial charge is 0.338 e. The van der Waals surface area contributed by atoms with Gasteiger partial charge in [0.15, 0.2) is 0 Å². The van der Waals surface area contributed by atoms with Crippen LogP contribution in [-0.2, 0) is 9.47 Å². The molecule has 8 atom stereocenters. The van der Waals surface area contributed by atoms with Crippen molar-refractivity contribution >= 4 is 23.3 Å². The molecule has 0 aliphatic heterocycles. The molecule has 0 saturated heterocycles. The van der Waals surface area contributed by atoms with Gasteiger partial charge in [-0.3, -0.25) is 20.2 Å². The molecule has 5 fully saturated rings. The number of aliphatic hydroxyl groups excluding tert-OH is 1. The number of fused-ring (bicyclic) bond motifs is 5. The highest BCUT2D eigenvalue weighted by Crippen LogP contribution is 2.74. The van der Waals surface area contributed by atoms with Crippen LogP contribution < -0.4 is 0 Å². The maximum atomic E-state index is 13.2. The van der Waals surface area contributed by atoms with Crippen LogP contribution in [0.3, 0.4) is 0 Å². The molecule has 0 aromatic heterocycles. The Bertz CT molecular complexity index is 1360. The van der Waals surface area contributed by atoms with Crippen LogP contribution in [-0.4, -0.2) is 45.2 Å². The molecule has 1 N–H and O–H groups in total. The van der Waals surface area contributed by atoms with Crippen molar-refractivity contribution in [1.82, 2.24) is 0 Å². The fraction of sp³-hybridized carbons (Fsp3) is 0.517. The molecule has 0 radical (unpaired) electrons. The minimum absolute atomic E-state index is 0.00832. The number of hydrogen-bond acceptors (Lipinski definition) is 9. The third kappa shape index (κ3) is 4.23. The number of ether oxygens (including phenoxy) is 2. The molecular formula is C29H32N2O9. The van der Waals surface area contributed by atoms with E-state index >= 15 is 0 Å². The summed E-state index contributed by atoms with van der Waals surface area (Å²) in [5.41, 5.74) is -1.03. The van der Waals surface area contributed by atoms with E-state index in [1.54, 1.807) is 0 Å². The van der Waals surface area contributed by atoms with Crippen LogP contribution >= 0.6 is 0 Å². The zero-order valence-electron chi connectivity index (χ0n) is 22.7. The fourth-order valence-electron chi connectivity index (χ4n) is 7.83. The van der Waals surface area contributed by atoms with Crippen LogP contribution in [0.4, 0.5) is 11.4 Å². The first-order chi connectivity index (χ1) is 18.8. The lowest BCUT2D eigenvalue weighted by molar-refractivity contribution is -0.385. The molecule has 11 heteroatoms. The van der Waals surface area contributed by atoms with Gasteiger partial charge in [-0.25, -0.2) is 9.59 Å². The molecule has 40 heavy (non-hydrogen) atoms. The van der Waals surface area contributed by atoms with E-state index < -0.39 is 50.9 Å². The standard InChI is InChI=1S/C29H32N2O9/c1-15-13-20(39-26(33)16-5-9-18(10-6-16)30(35)36)24-25-23(15)29(24,4)22(14-21(32)28(25,2)3)40-27(34)17-7-11-19(12-8-17)31(37)38/h5-12,15,20-25,32H,13-14H2,1-4H3/t15-,20+,21+,22+,23-,24+,25+,29+/m0/s1. The summed E-state index contributed by atoms with van der Waals surface area (Å²) in [4.78, 5) is 47.3. The summed E-state index contributed by atoms with van der Waals surface area (Å²) in [7, 11) is 0. The lowest BCUT2D eigenvalue weighted by atomic mass is 9.35. The summed E-state index contributed by atoms with van der Waals surface area (Å²) in [5.74, 6) is -1.21. The Labute approximate surface area is 230 Å². The number of hydrogen-bond donors (Lipinski definition) is 1. The van der Waals surface area contributed by atoms with Gasteiger partial charge in [-0.2, -0.15) is 0 Å². The van der Waals surface area contributed by atoms with Gasteiger partial charge in [0.1, 0.15) is 12.2 Å². The van der Waals surface area contributed by atoms with Crippen LogP contribution in [0.25, 0.3) is 0 Å². The maximum Gasteiger partial charge on any atom is 0.338 e. The second kappa shape index (κ2) is 9.65. The summed E-state index contributed by atoms with van der Waals surface area (Å²) in [6.07, 6.45) is -1.15. The van der Waals surface area contributed by atoms with E-state index in [1.165, 1.54) is 48.5 Å². The van der Waals surface area contributed by atoms with Crippen LogP contribution in [0.5, 0.6) is 0 Å². The predicted molar refractivity (Wildman–Crippen MR) is 141 cm³/mol. The van der Waals surface area contributed by atoms with E-state index in [2.05, 4.69) is 6.92 Å². The minimum atomic E-state index is -0.780. The van der Waals surface area contributed by atoms with Crippen LogP contribution in [0, 0.1) is 54.7 Å². The Morgan fingerprint density at radius 1 is 0.800 bits per heavy atom. The lowest BCUT2D eigenvalue weighted by Crippen LogP contribution is -2.72. The van der Waals surface area contributed by atoms with Crippen molar-refractivity contribution in [3.8, 4) is 0 Å². The molecule has 7 rings (SSSR count). The number of non-ortho nitro benzene ring substituents is 2. The van der Waals surface area contributed by atoms with Crippen LogP contribution in [0.15, 0.2) is 48.5 Å². The normalized spacial score (nSPS) is 33.6. The highest BCUT2D eigenvalue weighted by molar-refractivity contribution is 5.90. The Morgan fingerprint density at radius 2 is 1.27 bits per heavy atom. The van der Waals surface area contributed by atoms with Gasteiger partial charge in [-0.05, 0) is 53.9 Å². The molecule has 5 aliphatic carbocycles. The molecule has 212 valence electrons. The Hall–Kier alpha value is -3.86. The first-order valence-corrected chi connectivity index (χ1v) is 13.4. The van der Waals surface area contributed by atoms with Crippen LogP contribution in [0.2, 0.25) is 0 Å². The van der Waals surface area contributed by atoms with Crippen LogP contribution in [0.1, 0.15) is 61.3 Å². The third-order valence-corrected chi connectivity index (χ3v) is 9.81. The molecule has 5 aliphatic rings. The van der Waals surface area contributed by atoms with Crippen molar-refractivity contribution in [2.45, 2.75) is 58.8 Å². The Morgan fingerprint density at radius 3 is 1.75 bits per heavy atom. The highest BCUT2D eigenvalue weighted by Gasteiger charge is 2.75. The summed E-state index contributed by atoms with van der Waals surface area (Å²) in [6, 6.07) is 10.4. The van der Waals surface area contributed by atoms with E-state index in [9.17, 15) is 34.9 Å². The van der Waals surface area contributed by atoms with E-state index in [0.717, 1.165) is 0 Å². The summed E-state index contributed by atoms with van der Waals surface area (Å²) >= 11 is 0. The molecule has 4 bridgehead atoms. The van der Waals surface area contributed by atoms with Gasteiger partial charge < -0.3 is 14.6 Å². The highest BCUT2D eigenvalue weighted by atomic mass is 16.6. The second-order valence-electron chi connectivity index (χ2n) is 12.2. The molecule has 0 spiro atoms. The van der Waals surface area contributed by atoms with Crippen molar-refractivity contribution in [3.05, 3.63) is 79.9 Å². The second-order valence-corrected chi connectivity index (χ2v) is 12.2. The molecule has 2 aromatic rings. The van der Waals surface area contributed by atoms with Crippen molar-refractivity contribution in [2.24, 2.45) is 34.5 Å². The SMILES string of the molecule is C[C@H]1C[C@@H](OC(=O)c2ccc([N+](=O)[O-])cc2)[C@@H]2[C@H]3[C@H]1[C@@]2(C)[C@H](OC(=O)c1ccc([N+](=O)[O-])cc1)C[C@@H](O)C3(C)C. The molecular weight excluding hydrogens is 520 g/mol. The summed E-state index contributed by atoms with van der Waals surface area (Å²) in [6.45, 7) is 8.11. The number of nitro groups is 2. The number of esters is 2. The number of benzene rings is 2. The first kappa shape index (κ1) is 27.7. The predicted octanol–water partition coefficient (Wildman–Crippen LogP) is 4.95. The zero-order chi connectivity index (χ0) is 29.1. The number of aliphatic hydroxyl groups is 1. The van der Waals surface area contributed by atoms with Gasteiger partial charge in [-0.1, -0.05) is 27.7 Å². The number of nitrogens with zero attached hydrogens (tertiary/aromatic N) is 2. The molecule has 2 aromatic carbocycles. The van der Waals surface area contributed by atoms with E-state index in [0.29, 0.717) is 6.42 Å². The monoisotopic (exact) mass is 552 g/mol. The van der Waals surface area contributed by atoms with Crippen molar-refractivity contribution in [1.29, 1.82) is 0 Å². The van der Waals surface area contributed by atoms with Crippen molar-refractivity contribution in [3.63, 3.8) is 0 Å². The zero-order valence-corrected chi connectivity index (χ0v) is 22.7. The Balaban J connectivity index is 1.43. The topological polar surface area (TPSA) is 159 Å². The van der Waals surface area contributed by atoms with Gasteiger partial charge in [0.2, 0.25) is 0 Å². The molecule has 5 saturated carbocycles. The number of carbonyl (C=O) groups excluding carboxylic acids is 2. The number of carbonyl (C=O) groups is 2. The van der Waals surface area contributed by atoms with Crippen molar-refractivity contribution in [2.75, 3.05) is 0 Å². The largest absolute Gasteiger partial charge is 0.458 e. The van der Waals surface area contributed by atoms with Gasteiger partial charge in [0.05, 0.1) is 27.1 Å². The Kier molecular flexibility index (Phi) is 6.68. The maximum absolute atomic E-state index is 13.2. The minimum Gasteiger partial charge on any atom is -0.458 e. The third-order valence-electron chi connectivity index (χ3n) is 9.81. The average Bonchev–Trinajstić information content (AvgIpc) is 3.00. The molecule has 0 amide bonds. The molecule has 0 unspecified atom stereocenters. The van der Waals surface area contributed by atoms with Crippen molar-refractivity contribution < 1.29 is 34.0 Å². The molecule has 11 nitrogen and oxygen atoms in total. The summed E-state index contributed by atoms with van der Waals surface area (Å²) in [5, 5.41) is 33.3. The number of rotatable bonds is 6. The fourth-order valence-corrected chi connectivity index (χ4v) is 7.83. The lowest BCUT2D eigenvalue weighted by Gasteiger charge is -2.71. The van der Waals surface area contributed by atoms with Gasteiger partial charge in [0, 0.05) is 42.0 Å². The number of nitro benzene ring substituents is 2. The quantitative estimate of drug-likeness (QED) is 0.297. The summed E-state index contributed by atoms with van der Waals surface area (Å²) < 4.78 is 12.1. The van der Waals surface area contributed by atoms with Gasteiger partial charge >= 0.3 is 11.9 Å². The van der Waals surface area contributed by atoms with E-state index in [1.807, 2.05) is 20.8 Å².